The van der Waals surface area contributed by atoms with Gasteiger partial charge in [-0.15, -0.1) is 0 Å². The van der Waals surface area contributed by atoms with E-state index in [0.717, 1.165) is 44.0 Å². The fraction of sp³-hybridized carbons (Fsp3) is 0.438. The highest BCUT2D eigenvalue weighted by molar-refractivity contribution is 5.92. The second kappa shape index (κ2) is 7.73. The number of carbonyl (C=O) groups excluding carboxylic acids is 1. The van der Waals surface area contributed by atoms with Crippen LogP contribution < -0.4 is 15.4 Å². The maximum Gasteiger partial charge on any atom is 0.271 e. The van der Waals surface area contributed by atoms with Gasteiger partial charge in [0.25, 0.3) is 5.91 Å². The number of nitrogens with zero attached hydrogens (tertiary/aromatic N) is 3. The van der Waals surface area contributed by atoms with Gasteiger partial charge in [0.1, 0.15) is 17.3 Å². The average molecular weight is 315 g/mol. The van der Waals surface area contributed by atoms with Gasteiger partial charge in [0.05, 0.1) is 12.8 Å². The van der Waals surface area contributed by atoms with E-state index in [4.69, 9.17) is 4.74 Å². The third-order valence-corrected chi connectivity index (χ3v) is 3.66. The van der Waals surface area contributed by atoms with Crippen molar-refractivity contribution in [1.29, 1.82) is 0 Å². The molecule has 2 N–H and O–H groups in total. The van der Waals surface area contributed by atoms with E-state index < -0.39 is 0 Å². The summed E-state index contributed by atoms with van der Waals surface area (Å²) in [6.07, 6.45) is 6.80. The largest absolute Gasteiger partial charge is 0.492 e. The second-order valence-corrected chi connectivity index (χ2v) is 5.38. The van der Waals surface area contributed by atoms with E-state index in [1.807, 2.05) is 18.3 Å². The van der Waals surface area contributed by atoms with Crippen LogP contribution in [-0.4, -0.2) is 46.7 Å². The molecule has 0 aliphatic carbocycles. The van der Waals surface area contributed by atoms with E-state index >= 15 is 0 Å². The van der Waals surface area contributed by atoms with Crippen LogP contribution in [-0.2, 0) is 13.0 Å². The first-order valence-corrected chi connectivity index (χ1v) is 7.91. The highest BCUT2D eigenvalue weighted by atomic mass is 16.5. The predicted molar refractivity (Wildman–Crippen MR) is 85.5 cm³/mol. The number of pyridine rings is 1. The molecule has 1 aliphatic rings. The van der Waals surface area contributed by atoms with E-state index in [2.05, 4.69) is 25.2 Å². The summed E-state index contributed by atoms with van der Waals surface area (Å²) in [5.74, 6) is 1.59. The quantitative estimate of drug-likeness (QED) is 0.764. The molecule has 0 atom stereocenters. The number of amides is 1. The van der Waals surface area contributed by atoms with Crippen molar-refractivity contribution >= 4 is 5.91 Å². The molecule has 2 aromatic heterocycles. The van der Waals surface area contributed by atoms with E-state index in [1.165, 1.54) is 0 Å². The van der Waals surface area contributed by atoms with Crippen molar-refractivity contribution in [1.82, 2.24) is 25.2 Å². The van der Waals surface area contributed by atoms with Gasteiger partial charge in [-0.2, -0.15) is 0 Å². The number of ether oxygens (including phenoxy) is 1. The molecule has 23 heavy (non-hydrogen) atoms. The van der Waals surface area contributed by atoms with E-state index in [9.17, 15) is 4.79 Å². The molecule has 7 heteroatoms. The predicted octanol–water partition coefficient (Wildman–Crippen LogP) is 0.623. The van der Waals surface area contributed by atoms with Crippen LogP contribution in [0.3, 0.4) is 0 Å². The first kappa shape index (κ1) is 15.5. The van der Waals surface area contributed by atoms with Crippen molar-refractivity contribution in [3.63, 3.8) is 0 Å². The Hall–Kier alpha value is -2.41. The van der Waals surface area contributed by atoms with Gasteiger partial charge in [-0.25, -0.2) is 4.98 Å². The summed E-state index contributed by atoms with van der Waals surface area (Å²) in [4.78, 5) is 20.5. The Balaban J connectivity index is 1.41. The van der Waals surface area contributed by atoms with Gasteiger partial charge in [0, 0.05) is 45.0 Å². The van der Waals surface area contributed by atoms with Gasteiger partial charge in [-0.3, -0.25) is 9.78 Å². The zero-order valence-corrected chi connectivity index (χ0v) is 13.0. The number of imidazole rings is 1. The van der Waals surface area contributed by atoms with Crippen molar-refractivity contribution in [2.24, 2.45) is 0 Å². The lowest BCUT2D eigenvalue weighted by Gasteiger charge is -2.06. The molecule has 0 fully saturated rings. The molecule has 122 valence electrons. The fourth-order valence-electron chi connectivity index (χ4n) is 2.47. The maximum atomic E-state index is 12.1. The van der Waals surface area contributed by atoms with Crippen LogP contribution in [0.25, 0.3) is 0 Å². The number of nitrogens with one attached hydrogen (secondary N) is 2. The van der Waals surface area contributed by atoms with Crippen LogP contribution in [0.5, 0.6) is 5.75 Å². The van der Waals surface area contributed by atoms with Crippen molar-refractivity contribution in [3.05, 3.63) is 42.2 Å². The second-order valence-electron chi connectivity index (χ2n) is 5.38. The van der Waals surface area contributed by atoms with Crippen molar-refractivity contribution < 1.29 is 9.53 Å². The SMILES string of the molecule is O=C(NCCCOc1cccnc1)c1cn2c(n1)CCNCC2. The number of aromatic nitrogens is 3. The molecule has 0 radical (unpaired) electrons. The minimum absolute atomic E-state index is 0.125. The van der Waals surface area contributed by atoms with Crippen LogP contribution in [0, 0.1) is 0 Å². The molecule has 0 aromatic carbocycles. The summed E-state index contributed by atoms with van der Waals surface area (Å²) in [6, 6.07) is 3.69. The lowest BCUT2D eigenvalue weighted by molar-refractivity contribution is 0.0947. The number of rotatable bonds is 6. The summed E-state index contributed by atoms with van der Waals surface area (Å²) >= 11 is 0. The van der Waals surface area contributed by atoms with Crippen molar-refractivity contribution in [2.45, 2.75) is 19.4 Å². The van der Waals surface area contributed by atoms with E-state index in [1.54, 1.807) is 12.4 Å². The van der Waals surface area contributed by atoms with Gasteiger partial charge in [0.15, 0.2) is 0 Å². The third kappa shape index (κ3) is 4.29. The van der Waals surface area contributed by atoms with Crippen LogP contribution >= 0.6 is 0 Å². The Bertz CT molecular complexity index is 618. The van der Waals surface area contributed by atoms with Gasteiger partial charge < -0.3 is 19.9 Å². The molecule has 0 spiro atoms. The Kier molecular flexibility index (Phi) is 5.21. The minimum Gasteiger partial charge on any atom is -0.492 e. The lowest BCUT2D eigenvalue weighted by atomic mass is 10.4. The Morgan fingerprint density at radius 3 is 3.26 bits per heavy atom. The Morgan fingerprint density at radius 1 is 1.43 bits per heavy atom. The molecule has 7 nitrogen and oxygen atoms in total. The molecule has 3 heterocycles. The zero-order chi connectivity index (χ0) is 15.9. The minimum atomic E-state index is -0.125. The number of hydrogen-bond acceptors (Lipinski definition) is 5. The Morgan fingerprint density at radius 2 is 2.39 bits per heavy atom. The van der Waals surface area contributed by atoms with Gasteiger partial charge in [-0.1, -0.05) is 0 Å². The first-order chi connectivity index (χ1) is 11.3. The summed E-state index contributed by atoms with van der Waals surface area (Å²) in [6.45, 7) is 3.77. The fourth-order valence-corrected chi connectivity index (χ4v) is 2.47. The molecule has 3 rings (SSSR count). The lowest BCUT2D eigenvalue weighted by Crippen LogP contribution is -2.26. The molecule has 1 aliphatic heterocycles. The van der Waals surface area contributed by atoms with Crippen LogP contribution in [0.15, 0.2) is 30.7 Å². The number of hydrogen-bond donors (Lipinski definition) is 2. The number of carbonyl (C=O) groups is 1. The van der Waals surface area contributed by atoms with Gasteiger partial charge in [-0.05, 0) is 18.6 Å². The molecule has 0 bridgehead atoms. The average Bonchev–Trinajstić information content (AvgIpc) is 2.86. The van der Waals surface area contributed by atoms with E-state index in [0.29, 0.717) is 18.8 Å². The monoisotopic (exact) mass is 315 g/mol. The molecular weight excluding hydrogens is 294 g/mol. The third-order valence-electron chi connectivity index (χ3n) is 3.66. The summed E-state index contributed by atoms with van der Waals surface area (Å²) < 4.78 is 7.59. The zero-order valence-electron chi connectivity index (χ0n) is 13.0. The highest BCUT2D eigenvalue weighted by Crippen LogP contribution is 2.07. The van der Waals surface area contributed by atoms with Crippen LogP contribution in [0.1, 0.15) is 22.7 Å². The topological polar surface area (TPSA) is 81.1 Å². The van der Waals surface area contributed by atoms with Crippen LogP contribution in [0.4, 0.5) is 0 Å². The van der Waals surface area contributed by atoms with Crippen molar-refractivity contribution in [3.8, 4) is 5.75 Å². The summed E-state index contributed by atoms with van der Waals surface area (Å²) in [5.41, 5.74) is 0.495. The van der Waals surface area contributed by atoms with E-state index in [-0.39, 0.29) is 5.91 Å². The van der Waals surface area contributed by atoms with Gasteiger partial charge in [0.2, 0.25) is 0 Å². The maximum absolute atomic E-state index is 12.1. The smallest absolute Gasteiger partial charge is 0.271 e. The normalized spacial score (nSPS) is 13.9. The highest BCUT2D eigenvalue weighted by Gasteiger charge is 2.15. The van der Waals surface area contributed by atoms with Crippen LogP contribution in [0.2, 0.25) is 0 Å². The number of fused-ring (bicyclic) bond motifs is 1. The molecule has 0 unspecified atom stereocenters. The molecule has 0 saturated carbocycles. The van der Waals surface area contributed by atoms with Crippen molar-refractivity contribution in [2.75, 3.05) is 26.2 Å². The molecule has 1 amide bonds. The Labute approximate surface area is 135 Å². The first-order valence-electron chi connectivity index (χ1n) is 7.91. The summed E-state index contributed by atoms with van der Waals surface area (Å²) in [7, 11) is 0. The summed E-state index contributed by atoms with van der Waals surface area (Å²) in [5, 5.41) is 6.20. The molecule has 0 saturated heterocycles. The standard InChI is InChI=1S/C16H21N5O2/c22-16(14-12-21-9-8-17-7-4-15(21)20-14)19-6-2-10-23-13-3-1-5-18-11-13/h1,3,5,11-12,17H,2,4,6-10H2,(H,19,22). The molecule has 2 aromatic rings. The van der Waals surface area contributed by atoms with Gasteiger partial charge >= 0.3 is 0 Å². The molecular formula is C16H21N5O2.